The number of fused-ring (bicyclic) bond motifs is 1. The average Bonchev–Trinajstić information content (AvgIpc) is 2.48. The monoisotopic (exact) mass is 273 g/mol. The number of aryl methyl sites for hydroxylation is 1. The molecule has 1 saturated heterocycles. The Morgan fingerprint density at radius 2 is 2.00 bits per heavy atom. The molecule has 3 nitrogen and oxygen atoms in total. The summed E-state index contributed by atoms with van der Waals surface area (Å²) in [5.41, 5.74) is 1.74. The van der Waals surface area contributed by atoms with Crippen molar-refractivity contribution in [1.82, 2.24) is 4.90 Å². The fourth-order valence-corrected chi connectivity index (χ4v) is 3.32. The predicted octanol–water partition coefficient (Wildman–Crippen LogP) is 3.07. The Bertz CT molecular complexity index is 516. The van der Waals surface area contributed by atoms with Crippen molar-refractivity contribution in [3.63, 3.8) is 0 Å². The van der Waals surface area contributed by atoms with Crippen LogP contribution in [0.5, 0.6) is 5.75 Å². The van der Waals surface area contributed by atoms with Gasteiger partial charge in [-0.2, -0.15) is 0 Å². The zero-order valence-corrected chi connectivity index (χ0v) is 12.4. The van der Waals surface area contributed by atoms with E-state index in [1.54, 1.807) is 0 Å². The van der Waals surface area contributed by atoms with E-state index in [2.05, 4.69) is 24.8 Å². The molecule has 2 aliphatic rings. The van der Waals surface area contributed by atoms with Crippen LogP contribution < -0.4 is 4.74 Å². The van der Waals surface area contributed by atoms with Crippen LogP contribution in [0.25, 0.3) is 0 Å². The number of hydrogen-bond acceptors (Lipinski definition) is 3. The van der Waals surface area contributed by atoms with Crippen LogP contribution in [-0.4, -0.2) is 35.9 Å². The van der Waals surface area contributed by atoms with Crippen LogP contribution in [-0.2, 0) is 6.42 Å². The van der Waals surface area contributed by atoms with Crippen LogP contribution >= 0.6 is 0 Å². The van der Waals surface area contributed by atoms with Crippen LogP contribution in [0, 0.1) is 0 Å². The summed E-state index contributed by atoms with van der Waals surface area (Å²) >= 11 is 0. The molecule has 3 rings (SSSR count). The summed E-state index contributed by atoms with van der Waals surface area (Å²) in [5.74, 6) is 1.05. The van der Waals surface area contributed by atoms with Gasteiger partial charge in [0, 0.05) is 25.9 Å². The van der Waals surface area contributed by atoms with Crippen LogP contribution in [0.3, 0.4) is 0 Å². The van der Waals surface area contributed by atoms with Crippen LogP contribution in [0.15, 0.2) is 18.2 Å². The third-order valence-electron chi connectivity index (χ3n) is 4.78. The summed E-state index contributed by atoms with van der Waals surface area (Å²) in [4.78, 5) is 14.9. The van der Waals surface area contributed by atoms with E-state index in [4.69, 9.17) is 4.74 Å². The minimum atomic E-state index is -0.247. The van der Waals surface area contributed by atoms with Gasteiger partial charge in [-0.05, 0) is 30.7 Å². The molecule has 1 aromatic rings. The molecule has 1 spiro atoms. The van der Waals surface area contributed by atoms with E-state index in [1.807, 2.05) is 12.1 Å². The number of rotatable bonds is 2. The van der Waals surface area contributed by atoms with Gasteiger partial charge in [-0.25, -0.2) is 0 Å². The summed E-state index contributed by atoms with van der Waals surface area (Å²) in [7, 11) is 0. The molecule has 0 aliphatic carbocycles. The molecular formula is C17H23NO2. The van der Waals surface area contributed by atoms with Crippen LogP contribution in [0.4, 0.5) is 0 Å². The molecule has 2 aliphatic heterocycles. The third-order valence-corrected chi connectivity index (χ3v) is 4.78. The number of benzene rings is 1. The number of Topliss-reactive ketones (excluding diaryl/α,β-unsaturated/α-hetero) is 1. The second-order valence-corrected chi connectivity index (χ2v) is 6.00. The van der Waals surface area contributed by atoms with E-state index >= 15 is 0 Å². The molecule has 0 bridgehead atoms. The van der Waals surface area contributed by atoms with Crippen molar-refractivity contribution in [2.24, 2.45) is 0 Å². The molecule has 0 N–H and O–H groups in total. The quantitative estimate of drug-likeness (QED) is 0.829. The molecule has 0 aromatic heterocycles. The smallest absolute Gasteiger partial charge is 0.170 e. The number of hydrogen-bond donors (Lipinski definition) is 0. The maximum atomic E-state index is 12.5. The Hall–Kier alpha value is -1.35. The standard InChI is InChI=1S/C17H23NO2/c1-3-13-5-6-16-14(11-13)15(19)12-17(20-16)7-9-18(4-2)10-8-17/h5-6,11H,3-4,7-10,12H2,1-2H3. The van der Waals surface area contributed by atoms with Crippen molar-refractivity contribution in [3.05, 3.63) is 29.3 Å². The highest BCUT2D eigenvalue weighted by Gasteiger charge is 2.42. The summed E-state index contributed by atoms with van der Waals surface area (Å²) in [5, 5.41) is 0. The van der Waals surface area contributed by atoms with Gasteiger partial charge in [0.05, 0.1) is 12.0 Å². The van der Waals surface area contributed by atoms with Crippen molar-refractivity contribution in [3.8, 4) is 5.75 Å². The predicted molar refractivity (Wildman–Crippen MR) is 79.5 cm³/mol. The van der Waals surface area contributed by atoms with E-state index in [0.717, 1.165) is 50.2 Å². The van der Waals surface area contributed by atoms with Crippen LogP contribution in [0.1, 0.15) is 49.0 Å². The number of carbonyl (C=O) groups is 1. The fourth-order valence-electron chi connectivity index (χ4n) is 3.32. The van der Waals surface area contributed by atoms with Gasteiger partial charge in [-0.15, -0.1) is 0 Å². The van der Waals surface area contributed by atoms with Gasteiger partial charge < -0.3 is 9.64 Å². The molecule has 3 heteroatoms. The van der Waals surface area contributed by atoms with E-state index < -0.39 is 0 Å². The highest BCUT2D eigenvalue weighted by Crippen LogP contribution is 2.39. The average molecular weight is 273 g/mol. The molecule has 108 valence electrons. The van der Waals surface area contributed by atoms with Crippen molar-refractivity contribution >= 4 is 5.78 Å². The van der Waals surface area contributed by atoms with Crippen LogP contribution in [0.2, 0.25) is 0 Å². The van der Waals surface area contributed by atoms with Gasteiger partial charge in [0.2, 0.25) is 0 Å². The first-order valence-electron chi connectivity index (χ1n) is 7.73. The summed E-state index contributed by atoms with van der Waals surface area (Å²) in [6.07, 6.45) is 3.42. The number of likely N-dealkylation sites (tertiary alicyclic amines) is 1. The van der Waals surface area contributed by atoms with Crippen molar-refractivity contribution in [1.29, 1.82) is 0 Å². The summed E-state index contributed by atoms with van der Waals surface area (Å²) in [6.45, 7) is 7.45. The first-order valence-corrected chi connectivity index (χ1v) is 7.73. The highest BCUT2D eigenvalue weighted by atomic mass is 16.5. The van der Waals surface area contributed by atoms with Gasteiger partial charge in [0.25, 0.3) is 0 Å². The molecule has 0 radical (unpaired) electrons. The lowest BCUT2D eigenvalue weighted by atomic mass is 9.82. The first kappa shape index (κ1) is 13.6. The number of piperidine rings is 1. The van der Waals surface area contributed by atoms with Crippen molar-refractivity contribution in [2.45, 2.75) is 45.1 Å². The SMILES string of the molecule is CCc1ccc2c(c1)C(=O)CC1(CCN(CC)CC1)O2. The van der Waals surface area contributed by atoms with Gasteiger partial charge in [0.15, 0.2) is 5.78 Å². The number of ether oxygens (including phenoxy) is 1. The minimum absolute atomic E-state index is 0.247. The van der Waals surface area contributed by atoms with Gasteiger partial charge in [-0.3, -0.25) is 4.79 Å². The van der Waals surface area contributed by atoms with E-state index in [-0.39, 0.29) is 11.4 Å². The molecule has 0 unspecified atom stereocenters. The molecule has 0 amide bonds. The normalized spacial score (nSPS) is 21.6. The van der Waals surface area contributed by atoms with E-state index in [0.29, 0.717) is 6.42 Å². The molecule has 2 heterocycles. The zero-order chi connectivity index (χ0) is 14.2. The molecule has 1 aromatic carbocycles. The van der Waals surface area contributed by atoms with Gasteiger partial charge >= 0.3 is 0 Å². The highest BCUT2D eigenvalue weighted by molar-refractivity contribution is 6.00. The third kappa shape index (κ3) is 2.35. The zero-order valence-electron chi connectivity index (χ0n) is 12.4. The Labute approximate surface area is 120 Å². The van der Waals surface area contributed by atoms with Crippen molar-refractivity contribution in [2.75, 3.05) is 19.6 Å². The van der Waals surface area contributed by atoms with E-state index in [1.165, 1.54) is 5.56 Å². The number of ketones is 1. The minimum Gasteiger partial charge on any atom is -0.486 e. The van der Waals surface area contributed by atoms with Gasteiger partial charge in [0.1, 0.15) is 11.4 Å². The maximum absolute atomic E-state index is 12.5. The summed E-state index contributed by atoms with van der Waals surface area (Å²) < 4.78 is 6.28. The lowest BCUT2D eigenvalue weighted by molar-refractivity contribution is -0.00782. The topological polar surface area (TPSA) is 29.5 Å². The lowest BCUT2D eigenvalue weighted by Crippen LogP contribution is -2.50. The van der Waals surface area contributed by atoms with Crippen molar-refractivity contribution < 1.29 is 9.53 Å². The maximum Gasteiger partial charge on any atom is 0.170 e. The molecule has 1 fully saturated rings. The largest absolute Gasteiger partial charge is 0.486 e. The van der Waals surface area contributed by atoms with E-state index in [9.17, 15) is 4.79 Å². The second kappa shape index (κ2) is 5.21. The Kier molecular flexibility index (Phi) is 3.55. The molecule has 0 saturated carbocycles. The summed E-state index contributed by atoms with van der Waals surface area (Å²) in [6, 6.07) is 6.07. The number of nitrogens with zero attached hydrogens (tertiary/aromatic N) is 1. The second-order valence-electron chi connectivity index (χ2n) is 6.00. The van der Waals surface area contributed by atoms with Gasteiger partial charge in [-0.1, -0.05) is 19.9 Å². The molecular weight excluding hydrogens is 250 g/mol. The Balaban J connectivity index is 1.84. The molecule has 20 heavy (non-hydrogen) atoms. The first-order chi connectivity index (χ1) is 9.65. The lowest BCUT2D eigenvalue weighted by Gasteiger charge is -2.43. The molecule has 0 atom stereocenters. The number of carbonyl (C=O) groups excluding carboxylic acids is 1. The fraction of sp³-hybridized carbons (Fsp3) is 0.588. The Morgan fingerprint density at radius 3 is 2.65 bits per heavy atom. The Morgan fingerprint density at radius 1 is 1.25 bits per heavy atom.